The number of rotatable bonds is 4. The van der Waals surface area contributed by atoms with Crippen LogP contribution in [0.25, 0.3) is 6.08 Å². The van der Waals surface area contributed by atoms with Crippen molar-refractivity contribution in [3.05, 3.63) is 40.4 Å². The van der Waals surface area contributed by atoms with Crippen LogP contribution >= 0.6 is 0 Å². The van der Waals surface area contributed by atoms with Gasteiger partial charge in [0.25, 0.3) is 0 Å². The van der Waals surface area contributed by atoms with E-state index in [1.54, 1.807) is 6.92 Å². The van der Waals surface area contributed by atoms with Gasteiger partial charge in [-0.2, -0.15) is 0 Å². The minimum atomic E-state index is -0.446. The molecule has 2 N–H and O–H groups in total. The van der Waals surface area contributed by atoms with E-state index in [0.717, 1.165) is 22.2 Å². The van der Waals surface area contributed by atoms with Crippen molar-refractivity contribution >= 4 is 19.0 Å². The molecule has 4 nitrogen and oxygen atoms in total. The van der Waals surface area contributed by atoms with E-state index in [4.69, 9.17) is 15.0 Å². The van der Waals surface area contributed by atoms with Gasteiger partial charge in [0.1, 0.15) is 0 Å². The van der Waals surface area contributed by atoms with E-state index >= 15 is 0 Å². The van der Waals surface area contributed by atoms with Gasteiger partial charge in [-0.15, -0.1) is 0 Å². The second-order valence-electron chi connectivity index (χ2n) is 7.14. The summed E-state index contributed by atoms with van der Waals surface area (Å²) in [4.78, 5) is 11.5. The molecule has 0 aromatic heterocycles. The van der Waals surface area contributed by atoms with Crippen LogP contribution in [0.5, 0.6) is 0 Å². The molecule has 1 aliphatic heterocycles. The lowest BCUT2D eigenvalue weighted by molar-refractivity contribution is 0.00578. The van der Waals surface area contributed by atoms with E-state index in [-0.39, 0.29) is 17.0 Å². The molecule has 2 rings (SSSR count). The average molecular weight is 315 g/mol. The number of carbonyl (C=O) groups excluding carboxylic acids is 1. The molecule has 23 heavy (non-hydrogen) atoms. The fraction of sp³-hybridized carbons (Fsp3) is 0.500. The van der Waals surface area contributed by atoms with Gasteiger partial charge in [-0.05, 0) is 58.1 Å². The lowest BCUT2D eigenvalue weighted by atomic mass is 9.77. The Labute approximate surface area is 139 Å². The van der Waals surface area contributed by atoms with Crippen LogP contribution in [-0.4, -0.2) is 30.6 Å². The molecule has 1 aromatic rings. The molecule has 1 aromatic carbocycles. The summed E-state index contributed by atoms with van der Waals surface area (Å²) in [5, 5.41) is 0. The van der Waals surface area contributed by atoms with E-state index in [2.05, 4.69) is 0 Å². The summed E-state index contributed by atoms with van der Waals surface area (Å²) in [6, 6.07) is 5.75. The first-order valence-corrected chi connectivity index (χ1v) is 7.95. The Balaban J connectivity index is 2.30. The molecule has 1 fully saturated rings. The molecule has 0 atom stereocenters. The third kappa shape index (κ3) is 3.57. The minimum absolute atomic E-state index is 0.0723. The smallest absolute Gasteiger partial charge is 0.400 e. The molecular weight excluding hydrogens is 289 g/mol. The zero-order valence-electron chi connectivity index (χ0n) is 14.9. The van der Waals surface area contributed by atoms with Crippen molar-refractivity contribution in [2.24, 2.45) is 5.73 Å². The van der Waals surface area contributed by atoms with E-state index in [1.807, 2.05) is 58.9 Å². The number of aryl methyl sites for hydroxylation is 1. The van der Waals surface area contributed by atoms with E-state index in [0.29, 0.717) is 6.54 Å². The summed E-state index contributed by atoms with van der Waals surface area (Å²) in [5.74, 6) is 0.0723. The summed E-state index contributed by atoms with van der Waals surface area (Å²) in [7, 11) is -0.446. The Hall–Kier alpha value is -1.43. The lowest BCUT2D eigenvalue weighted by Crippen LogP contribution is -2.41. The summed E-state index contributed by atoms with van der Waals surface area (Å²) in [6.07, 6.45) is 1.99. The average Bonchev–Trinajstić information content (AvgIpc) is 2.64. The number of hydrogen-bond acceptors (Lipinski definition) is 4. The number of nitrogens with two attached hydrogens (primary N) is 1. The monoisotopic (exact) mass is 315 g/mol. The first-order valence-electron chi connectivity index (χ1n) is 7.95. The summed E-state index contributed by atoms with van der Waals surface area (Å²) < 4.78 is 12.1. The highest BCUT2D eigenvalue weighted by Crippen LogP contribution is 2.38. The molecule has 0 aliphatic carbocycles. The molecule has 5 heteroatoms. The molecule has 1 saturated heterocycles. The van der Waals surface area contributed by atoms with Crippen LogP contribution in [0.2, 0.25) is 0 Å². The zero-order chi connectivity index (χ0) is 17.4. The molecule has 124 valence electrons. The van der Waals surface area contributed by atoms with Crippen molar-refractivity contribution in [1.29, 1.82) is 0 Å². The summed E-state index contributed by atoms with van der Waals surface area (Å²) in [5.41, 5.74) is 8.71. The molecule has 0 saturated carbocycles. The maximum atomic E-state index is 11.5. The number of hydrogen-bond donors (Lipinski definition) is 1. The maximum absolute atomic E-state index is 11.5. The van der Waals surface area contributed by atoms with Crippen molar-refractivity contribution in [2.75, 3.05) is 6.54 Å². The molecule has 1 heterocycles. The third-order valence-electron chi connectivity index (χ3n) is 4.77. The highest BCUT2D eigenvalue weighted by Gasteiger charge is 2.52. The minimum Gasteiger partial charge on any atom is -0.400 e. The SMILES string of the molecule is CC(=O)c1ccc(C=C(CN)B2OC(C)(C)C(C)(C)O2)cc1C. The van der Waals surface area contributed by atoms with Crippen molar-refractivity contribution < 1.29 is 14.1 Å². The van der Waals surface area contributed by atoms with Crippen LogP contribution in [0.4, 0.5) is 0 Å². The highest BCUT2D eigenvalue weighted by atomic mass is 16.7. The van der Waals surface area contributed by atoms with Gasteiger partial charge in [0.05, 0.1) is 11.2 Å². The predicted molar refractivity (Wildman–Crippen MR) is 94.3 cm³/mol. The van der Waals surface area contributed by atoms with Gasteiger partial charge in [-0.1, -0.05) is 24.3 Å². The Morgan fingerprint density at radius 3 is 2.22 bits per heavy atom. The lowest BCUT2D eigenvalue weighted by Gasteiger charge is -2.32. The highest BCUT2D eigenvalue weighted by molar-refractivity contribution is 6.55. The van der Waals surface area contributed by atoms with Crippen molar-refractivity contribution in [2.45, 2.75) is 52.7 Å². The number of carbonyl (C=O) groups is 1. The number of ketones is 1. The maximum Gasteiger partial charge on any atom is 0.491 e. The second kappa shape index (κ2) is 6.23. The van der Waals surface area contributed by atoms with Gasteiger partial charge < -0.3 is 15.0 Å². The fourth-order valence-electron chi connectivity index (χ4n) is 2.60. The Bertz CT molecular complexity index is 634. The Morgan fingerprint density at radius 1 is 1.22 bits per heavy atom. The largest absolute Gasteiger partial charge is 0.491 e. The summed E-state index contributed by atoms with van der Waals surface area (Å²) >= 11 is 0. The van der Waals surface area contributed by atoms with Crippen LogP contribution in [-0.2, 0) is 9.31 Å². The van der Waals surface area contributed by atoms with Crippen LogP contribution in [0.3, 0.4) is 0 Å². The van der Waals surface area contributed by atoms with Crippen molar-refractivity contribution in [3.63, 3.8) is 0 Å². The fourth-order valence-corrected chi connectivity index (χ4v) is 2.60. The Kier molecular flexibility index (Phi) is 4.85. The van der Waals surface area contributed by atoms with Gasteiger partial charge in [-0.25, -0.2) is 0 Å². The Morgan fingerprint density at radius 2 is 1.78 bits per heavy atom. The normalized spacial score (nSPS) is 20.0. The molecule has 1 aliphatic rings. The van der Waals surface area contributed by atoms with Crippen LogP contribution in [0.1, 0.15) is 56.1 Å². The molecule has 0 unspecified atom stereocenters. The molecule has 0 radical (unpaired) electrons. The molecule has 0 spiro atoms. The molecule has 0 amide bonds. The number of benzene rings is 1. The van der Waals surface area contributed by atoms with Crippen LogP contribution < -0.4 is 5.73 Å². The van der Waals surface area contributed by atoms with Crippen LogP contribution in [0.15, 0.2) is 23.7 Å². The molecular formula is C18H26BNO3. The van der Waals surface area contributed by atoms with Gasteiger partial charge in [0.15, 0.2) is 5.78 Å². The van der Waals surface area contributed by atoms with Gasteiger partial charge in [-0.3, -0.25) is 4.79 Å². The quantitative estimate of drug-likeness (QED) is 0.685. The van der Waals surface area contributed by atoms with E-state index in [1.165, 1.54) is 0 Å². The third-order valence-corrected chi connectivity index (χ3v) is 4.77. The van der Waals surface area contributed by atoms with Gasteiger partial charge in [0, 0.05) is 12.1 Å². The molecule has 0 bridgehead atoms. The number of Topliss-reactive ketones (excluding diaryl/α,β-unsaturated/α-hetero) is 1. The van der Waals surface area contributed by atoms with Crippen molar-refractivity contribution in [3.8, 4) is 0 Å². The van der Waals surface area contributed by atoms with E-state index in [9.17, 15) is 4.79 Å². The first-order chi connectivity index (χ1) is 10.6. The van der Waals surface area contributed by atoms with Crippen molar-refractivity contribution in [1.82, 2.24) is 0 Å². The second-order valence-corrected chi connectivity index (χ2v) is 7.14. The summed E-state index contributed by atoms with van der Waals surface area (Å²) in [6.45, 7) is 11.9. The topological polar surface area (TPSA) is 61.6 Å². The van der Waals surface area contributed by atoms with E-state index < -0.39 is 7.12 Å². The first kappa shape index (κ1) is 17.9. The predicted octanol–water partition coefficient (Wildman–Crippen LogP) is 3.17. The van der Waals surface area contributed by atoms with Crippen LogP contribution in [0, 0.1) is 6.92 Å². The standard InChI is InChI=1S/C18H26BNO3/c1-12-9-14(7-8-16(12)13(2)21)10-15(11-20)19-22-17(3,4)18(5,6)23-19/h7-10H,11,20H2,1-6H3. The van der Waals surface area contributed by atoms with Gasteiger partial charge >= 0.3 is 7.12 Å². The van der Waals surface area contributed by atoms with Gasteiger partial charge in [0.2, 0.25) is 0 Å². The zero-order valence-corrected chi connectivity index (χ0v) is 14.9.